The Morgan fingerprint density at radius 1 is 1.44 bits per heavy atom. The second kappa shape index (κ2) is 6.77. The molecule has 1 aromatic carbocycles. The zero-order valence-corrected chi connectivity index (χ0v) is 10.3. The first-order chi connectivity index (χ1) is 8.56. The van der Waals surface area contributed by atoms with E-state index in [-0.39, 0.29) is 18.8 Å². The fourth-order valence-corrected chi connectivity index (χ4v) is 1.40. The lowest BCUT2D eigenvalue weighted by Crippen LogP contribution is -2.24. The van der Waals surface area contributed by atoms with E-state index in [0.29, 0.717) is 11.4 Å². The molecular formula is C11H16N2O5. The molecule has 7 nitrogen and oxygen atoms in total. The molecular weight excluding hydrogens is 240 g/mol. The smallest absolute Gasteiger partial charge is 0.275 e. The normalized spacial score (nSPS) is 11.9. The van der Waals surface area contributed by atoms with Crippen LogP contribution >= 0.6 is 0 Å². The van der Waals surface area contributed by atoms with Gasteiger partial charge < -0.3 is 19.9 Å². The van der Waals surface area contributed by atoms with E-state index in [2.05, 4.69) is 5.32 Å². The van der Waals surface area contributed by atoms with E-state index in [4.69, 9.17) is 9.47 Å². The molecule has 1 aromatic rings. The average Bonchev–Trinajstić information content (AvgIpc) is 2.36. The second-order valence-corrected chi connectivity index (χ2v) is 3.67. The van der Waals surface area contributed by atoms with Crippen LogP contribution in [0.15, 0.2) is 18.2 Å². The molecule has 0 aliphatic rings. The van der Waals surface area contributed by atoms with Gasteiger partial charge in [0.05, 0.1) is 30.8 Å². The van der Waals surface area contributed by atoms with Gasteiger partial charge in [-0.1, -0.05) is 0 Å². The number of nitrogens with zero attached hydrogens (tertiary/aromatic N) is 1. The standard InChI is InChI=1S/C11H16N2O5/c1-17-7-10(14)6-12-8-3-9(13(15)16)5-11(4-8)18-2/h3-5,10,12,14H,6-7H2,1-2H3. The zero-order valence-electron chi connectivity index (χ0n) is 10.3. The number of hydrogen-bond donors (Lipinski definition) is 2. The first-order valence-corrected chi connectivity index (χ1v) is 5.31. The van der Waals surface area contributed by atoms with Crippen molar-refractivity contribution in [3.63, 3.8) is 0 Å². The minimum absolute atomic E-state index is 0.0712. The molecule has 0 spiro atoms. The largest absolute Gasteiger partial charge is 0.496 e. The fraction of sp³-hybridized carbons (Fsp3) is 0.455. The predicted octanol–water partition coefficient (Wildman–Crippen LogP) is 1.02. The summed E-state index contributed by atoms with van der Waals surface area (Å²) in [5.74, 6) is 0.382. The monoisotopic (exact) mass is 256 g/mol. The van der Waals surface area contributed by atoms with Crippen molar-refractivity contribution in [3.8, 4) is 5.75 Å². The van der Waals surface area contributed by atoms with Gasteiger partial charge in [-0.2, -0.15) is 0 Å². The molecule has 0 aliphatic carbocycles. The van der Waals surface area contributed by atoms with Gasteiger partial charge in [-0.15, -0.1) is 0 Å². The third-order valence-electron chi connectivity index (χ3n) is 2.24. The van der Waals surface area contributed by atoms with Crippen molar-refractivity contribution >= 4 is 11.4 Å². The Labute approximate surface area is 104 Å². The quantitative estimate of drug-likeness (QED) is 0.559. The van der Waals surface area contributed by atoms with Crippen molar-refractivity contribution in [3.05, 3.63) is 28.3 Å². The number of aliphatic hydroxyl groups is 1. The molecule has 1 unspecified atom stereocenters. The van der Waals surface area contributed by atoms with Crippen LogP contribution in [0.3, 0.4) is 0 Å². The molecule has 100 valence electrons. The lowest BCUT2D eigenvalue weighted by atomic mass is 10.2. The van der Waals surface area contributed by atoms with Gasteiger partial charge in [-0.3, -0.25) is 10.1 Å². The lowest BCUT2D eigenvalue weighted by molar-refractivity contribution is -0.384. The number of rotatable bonds is 7. The summed E-state index contributed by atoms with van der Waals surface area (Å²) in [4.78, 5) is 10.2. The maximum Gasteiger partial charge on any atom is 0.275 e. The second-order valence-electron chi connectivity index (χ2n) is 3.67. The van der Waals surface area contributed by atoms with E-state index in [1.165, 1.54) is 26.4 Å². The van der Waals surface area contributed by atoms with Gasteiger partial charge in [0, 0.05) is 31.5 Å². The molecule has 0 heterocycles. The van der Waals surface area contributed by atoms with E-state index in [1.54, 1.807) is 6.07 Å². The lowest BCUT2D eigenvalue weighted by Gasteiger charge is -2.12. The van der Waals surface area contributed by atoms with Crippen molar-refractivity contribution in [2.75, 3.05) is 32.7 Å². The van der Waals surface area contributed by atoms with Gasteiger partial charge in [0.15, 0.2) is 0 Å². The third kappa shape index (κ3) is 4.19. The van der Waals surface area contributed by atoms with Crippen LogP contribution in [0.1, 0.15) is 0 Å². The average molecular weight is 256 g/mol. The first-order valence-electron chi connectivity index (χ1n) is 5.31. The Balaban J connectivity index is 2.75. The number of nitro benzene ring substituents is 1. The van der Waals surface area contributed by atoms with E-state index in [1.807, 2.05) is 0 Å². The number of hydrogen-bond acceptors (Lipinski definition) is 6. The molecule has 0 amide bonds. The fourth-order valence-electron chi connectivity index (χ4n) is 1.40. The number of nitro groups is 1. The molecule has 1 rings (SSSR count). The number of aliphatic hydroxyl groups excluding tert-OH is 1. The third-order valence-corrected chi connectivity index (χ3v) is 2.24. The number of anilines is 1. The highest BCUT2D eigenvalue weighted by atomic mass is 16.6. The molecule has 0 bridgehead atoms. The van der Waals surface area contributed by atoms with E-state index in [9.17, 15) is 15.2 Å². The summed E-state index contributed by atoms with van der Waals surface area (Å²) < 4.78 is 9.74. The van der Waals surface area contributed by atoms with Gasteiger partial charge in [-0.25, -0.2) is 0 Å². The highest BCUT2D eigenvalue weighted by Crippen LogP contribution is 2.25. The van der Waals surface area contributed by atoms with Crippen molar-refractivity contribution < 1.29 is 19.5 Å². The minimum atomic E-state index is -0.680. The van der Waals surface area contributed by atoms with Gasteiger partial charge in [-0.05, 0) is 0 Å². The Bertz CT molecular complexity index is 410. The van der Waals surface area contributed by atoms with Crippen molar-refractivity contribution in [1.82, 2.24) is 0 Å². The SMILES string of the molecule is COCC(O)CNc1cc(OC)cc([N+](=O)[O-])c1. The summed E-state index contributed by atoms with van der Waals surface area (Å²) >= 11 is 0. The van der Waals surface area contributed by atoms with Crippen LogP contribution < -0.4 is 10.1 Å². The predicted molar refractivity (Wildman–Crippen MR) is 66.0 cm³/mol. The molecule has 0 fully saturated rings. The Morgan fingerprint density at radius 3 is 2.72 bits per heavy atom. The van der Waals surface area contributed by atoms with Crippen LogP contribution in [0.5, 0.6) is 5.75 Å². The summed E-state index contributed by atoms with van der Waals surface area (Å²) in [7, 11) is 2.92. The molecule has 1 atom stereocenters. The number of non-ortho nitro benzene ring substituents is 1. The molecule has 0 aromatic heterocycles. The summed E-state index contributed by atoms with van der Waals surface area (Å²) in [6.45, 7) is 0.428. The number of benzene rings is 1. The summed E-state index contributed by atoms with van der Waals surface area (Å²) in [5, 5.41) is 23.1. The molecule has 0 saturated carbocycles. The topological polar surface area (TPSA) is 93.9 Å². The van der Waals surface area contributed by atoms with Gasteiger partial charge >= 0.3 is 0 Å². The number of ether oxygens (including phenoxy) is 2. The van der Waals surface area contributed by atoms with Crippen molar-refractivity contribution in [1.29, 1.82) is 0 Å². The van der Waals surface area contributed by atoms with Crippen molar-refractivity contribution in [2.45, 2.75) is 6.10 Å². The Kier molecular flexibility index (Phi) is 5.34. The first kappa shape index (κ1) is 14.2. The maximum absolute atomic E-state index is 10.7. The number of methoxy groups -OCH3 is 2. The van der Waals surface area contributed by atoms with E-state index < -0.39 is 11.0 Å². The molecule has 0 aliphatic heterocycles. The number of nitrogens with one attached hydrogen (secondary N) is 1. The molecule has 2 N–H and O–H groups in total. The van der Waals surface area contributed by atoms with Crippen molar-refractivity contribution in [2.24, 2.45) is 0 Å². The van der Waals surface area contributed by atoms with Crippen LogP contribution in [-0.4, -0.2) is 43.5 Å². The van der Waals surface area contributed by atoms with Crippen LogP contribution in [0.25, 0.3) is 0 Å². The minimum Gasteiger partial charge on any atom is -0.496 e. The van der Waals surface area contributed by atoms with E-state index in [0.717, 1.165) is 0 Å². The molecule has 0 radical (unpaired) electrons. The zero-order chi connectivity index (χ0) is 13.5. The van der Waals surface area contributed by atoms with Crippen LogP contribution in [0, 0.1) is 10.1 Å². The summed E-state index contributed by atoms with van der Waals surface area (Å²) in [5.41, 5.74) is 0.439. The maximum atomic E-state index is 10.7. The van der Waals surface area contributed by atoms with E-state index >= 15 is 0 Å². The highest BCUT2D eigenvalue weighted by Gasteiger charge is 2.11. The van der Waals surface area contributed by atoms with Crippen LogP contribution in [0.2, 0.25) is 0 Å². The Morgan fingerprint density at radius 2 is 2.17 bits per heavy atom. The van der Waals surface area contributed by atoms with Gasteiger partial charge in [0.2, 0.25) is 0 Å². The molecule has 7 heteroatoms. The Hall–Kier alpha value is -1.86. The van der Waals surface area contributed by atoms with Crippen LogP contribution in [0.4, 0.5) is 11.4 Å². The van der Waals surface area contributed by atoms with Crippen LogP contribution in [-0.2, 0) is 4.74 Å². The highest BCUT2D eigenvalue weighted by molar-refractivity contribution is 5.56. The summed E-state index contributed by atoms with van der Waals surface area (Å²) in [6.07, 6.45) is -0.680. The molecule has 0 saturated heterocycles. The van der Waals surface area contributed by atoms with Gasteiger partial charge in [0.1, 0.15) is 5.75 Å². The molecule has 18 heavy (non-hydrogen) atoms. The van der Waals surface area contributed by atoms with Gasteiger partial charge in [0.25, 0.3) is 5.69 Å². The summed E-state index contributed by atoms with van der Waals surface area (Å²) in [6, 6.07) is 4.32.